The second-order valence-electron chi connectivity index (χ2n) is 4.39. The fourth-order valence-corrected chi connectivity index (χ4v) is 2.15. The Labute approximate surface area is 120 Å². The van der Waals surface area contributed by atoms with Gasteiger partial charge in [0.25, 0.3) is 0 Å². The Morgan fingerprint density at radius 2 is 2.16 bits per heavy atom. The second kappa shape index (κ2) is 8.45. The van der Waals surface area contributed by atoms with E-state index < -0.39 is 6.61 Å². The van der Waals surface area contributed by atoms with Crippen LogP contribution in [0.25, 0.3) is 0 Å². The van der Waals surface area contributed by atoms with Gasteiger partial charge in [0.15, 0.2) is 0 Å². The van der Waals surface area contributed by atoms with E-state index in [4.69, 9.17) is 5.11 Å². The van der Waals surface area contributed by atoms with Crippen LogP contribution in [-0.2, 0) is 6.54 Å². The van der Waals surface area contributed by atoms with Crippen LogP contribution in [0.3, 0.4) is 0 Å². The molecule has 108 valence electrons. The fraction of sp³-hybridized carbons (Fsp3) is 0.538. The van der Waals surface area contributed by atoms with Gasteiger partial charge in [-0.25, -0.2) is 0 Å². The largest absolute Gasteiger partial charge is 0.434 e. The number of hydrogen-bond acceptors (Lipinski definition) is 3. The Morgan fingerprint density at radius 1 is 1.42 bits per heavy atom. The summed E-state index contributed by atoms with van der Waals surface area (Å²) in [6.07, 6.45) is 0.762. The lowest BCUT2D eigenvalue weighted by molar-refractivity contribution is -0.0503. The van der Waals surface area contributed by atoms with Gasteiger partial charge in [-0.15, -0.1) is 0 Å². The highest BCUT2D eigenvalue weighted by molar-refractivity contribution is 9.10. The number of nitrogens with one attached hydrogen (secondary N) is 1. The molecule has 1 atom stereocenters. The summed E-state index contributed by atoms with van der Waals surface area (Å²) in [6, 6.07) is 5.01. The first kappa shape index (κ1) is 16.3. The zero-order valence-electron chi connectivity index (χ0n) is 10.7. The molecular formula is C13H18BrF2NO2. The van der Waals surface area contributed by atoms with E-state index in [9.17, 15) is 8.78 Å². The van der Waals surface area contributed by atoms with Crippen LogP contribution in [0.1, 0.15) is 18.9 Å². The van der Waals surface area contributed by atoms with Crippen molar-refractivity contribution in [3.63, 3.8) is 0 Å². The van der Waals surface area contributed by atoms with Gasteiger partial charge >= 0.3 is 6.61 Å². The summed E-state index contributed by atoms with van der Waals surface area (Å²) < 4.78 is 29.0. The van der Waals surface area contributed by atoms with Crippen LogP contribution in [0.15, 0.2) is 22.7 Å². The molecule has 0 heterocycles. The summed E-state index contributed by atoms with van der Waals surface area (Å²) in [5, 5.41) is 12.0. The van der Waals surface area contributed by atoms with Crippen LogP contribution >= 0.6 is 15.9 Å². The highest BCUT2D eigenvalue weighted by atomic mass is 79.9. The van der Waals surface area contributed by atoms with Crippen LogP contribution in [0.2, 0.25) is 0 Å². The Morgan fingerprint density at radius 3 is 2.74 bits per heavy atom. The normalized spacial score (nSPS) is 12.7. The fourth-order valence-electron chi connectivity index (χ4n) is 1.63. The molecule has 19 heavy (non-hydrogen) atoms. The zero-order chi connectivity index (χ0) is 14.3. The number of aliphatic hydroxyl groups excluding tert-OH is 1. The summed E-state index contributed by atoms with van der Waals surface area (Å²) in [6.45, 7) is 0.864. The van der Waals surface area contributed by atoms with Crippen molar-refractivity contribution < 1.29 is 18.6 Å². The maximum atomic E-state index is 12.1. The standard InChI is InChI=1S/C13H18BrF2NO2/c1-9(4-5-18)7-17-8-10-2-3-12(11(14)6-10)19-13(15)16/h2-3,6,9,13,17-18H,4-5,7-8H2,1H3. The van der Waals surface area contributed by atoms with Gasteiger partial charge in [0, 0.05) is 13.2 Å². The molecule has 0 aliphatic heterocycles. The van der Waals surface area contributed by atoms with E-state index in [-0.39, 0.29) is 12.4 Å². The summed E-state index contributed by atoms with van der Waals surface area (Å²) in [4.78, 5) is 0. The average Bonchev–Trinajstić information content (AvgIpc) is 2.32. The van der Waals surface area contributed by atoms with Crippen LogP contribution in [-0.4, -0.2) is 24.9 Å². The number of alkyl halides is 2. The summed E-state index contributed by atoms with van der Waals surface area (Å²) >= 11 is 3.20. The van der Waals surface area contributed by atoms with E-state index in [0.717, 1.165) is 18.5 Å². The van der Waals surface area contributed by atoms with Crippen molar-refractivity contribution in [3.05, 3.63) is 28.2 Å². The van der Waals surface area contributed by atoms with Crippen molar-refractivity contribution in [1.29, 1.82) is 0 Å². The third-order valence-electron chi connectivity index (χ3n) is 2.66. The minimum absolute atomic E-state index is 0.132. The smallest absolute Gasteiger partial charge is 0.387 e. The third-order valence-corrected chi connectivity index (χ3v) is 3.28. The Bertz CT molecular complexity index is 391. The number of aliphatic hydroxyl groups is 1. The van der Waals surface area contributed by atoms with Crippen molar-refractivity contribution in [2.75, 3.05) is 13.2 Å². The molecule has 0 aliphatic rings. The molecule has 3 nitrogen and oxygen atoms in total. The van der Waals surface area contributed by atoms with Crippen molar-refractivity contribution in [2.45, 2.75) is 26.5 Å². The van der Waals surface area contributed by atoms with E-state index in [1.54, 1.807) is 12.1 Å². The maximum absolute atomic E-state index is 12.1. The maximum Gasteiger partial charge on any atom is 0.387 e. The molecule has 0 bridgehead atoms. The topological polar surface area (TPSA) is 41.5 Å². The molecular weight excluding hydrogens is 320 g/mol. The molecule has 0 spiro atoms. The van der Waals surface area contributed by atoms with Crippen LogP contribution in [0, 0.1) is 5.92 Å². The molecule has 0 amide bonds. The molecule has 1 aromatic rings. The zero-order valence-corrected chi connectivity index (χ0v) is 12.3. The predicted octanol–water partition coefficient (Wildman–Crippen LogP) is 3.16. The van der Waals surface area contributed by atoms with Gasteiger partial charge in [0.2, 0.25) is 0 Å². The Kier molecular flexibility index (Phi) is 7.27. The Hall–Kier alpha value is -0.720. The molecule has 2 N–H and O–H groups in total. The molecule has 0 radical (unpaired) electrons. The van der Waals surface area contributed by atoms with Crippen molar-refractivity contribution in [2.24, 2.45) is 5.92 Å². The first-order valence-electron chi connectivity index (χ1n) is 6.07. The lowest BCUT2D eigenvalue weighted by atomic mass is 10.1. The van der Waals surface area contributed by atoms with Crippen molar-refractivity contribution in [3.8, 4) is 5.75 Å². The van der Waals surface area contributed by atoms with Gasteiger partial charge in [-0.3, -0.25) is 0 Å². The van der Waals surface area contributed by atoms with Gasteiger partial charge in [0.1, 0.15) is 5.75 Å². The van der Waals surface area contributed by atoms with Gasteiger partial charge in [-0.05, 0) is 52.5 Å². The quantitative estimate of drug-likeness (QED) is 0.765. The molecule has 6 heteroatoms. The number of hydrogen-bond donors (Lipinski definition) is 2. The molecule has 0 aliphatic carbocycles. The summed E-state index contributed by atoms with van der Waals surface area (Å²) in [7, 11) is 0. The molecule has 0 saturated carbocycles. The van der Waals surface area contributed by atoms with Crippen LogP contribution in [0.5, 0.6) is 5.75 Å². The number of halogens is 3. The lowest BCUT2D eigenvalue weighted by Crippen LogP contribution is -2.21. The lowest BCUT2D eigenvalue weighted by Gasteiger charge is -2.12. The van der Waals surface area contributed by atoms with E-state index in [1.807, 2.05) is 0 Å². The number of ether oxygens (including phenoxy) is 1. The first-order chi connectivity index (χ1) is 9.02. The number of rotatable bonds is 8. The van der Waals surface area contributed by atoms with Crippen molar-refractivity contribution in [1.82, 2.24) is 5.32 Å². The minimum Gasteiger partial charge on any atom is -0.434 e. The Balaban J connectivity index is 2.45. The van der Waals surface area contributed by atoms with E-state index >= 15 is 0 Å². The first-order valence-corrected chi connectivity index (χ1v) is 6.87. The predicted molar refractivity (Wildman–Crippen MR) is 73.3 cm³/mol. The molecule has 1 rings (SSSR count). The van der Waals surface area contributed by atoms with Crippen molar-refractivity contribution >= 4 is 15.9 Å². The third kappa shape index (κ3) is 6.31. The number of benzene rings is 1. The van der Waals surface area contributed by atoms with E-state index in [2.05, 4.69) is 32.9 Å². The minimum atomic E-state index is -2.82. The van der Waals surface area contributed by atoms with Gasteiger partial charge in [-0.1, -0.05) is 13.0 Å². The SMILES string of the molecule is CC(CCO)CNCc1ccc(OC(F)F)c(Br)c1. The molecule has 1 aromatic carbocycles. The summed E-state index contributed by atoms with van der Waals surface area (Å²) in [5.74, 6) is 0.530. The van der Waals surface area contributed by atoms with Gasteiger partial charge in [0.05, 0.1) is 4.47 Å². The monoisotopic (exact) mass is 337 g/mol. The van der Waals surface area contributed by atoms with E-state index in [1.165, 1.54) is 6.07 Å². The second-order valence-corrected chi connectivity index (χ2v) is 5.25. The molecule has 0 fully saturated rings. The van der Waals surface area contributed by atoms with Gasteiger partial charge in [-0.2, -0.15) is 8.78 Å². The van der Waals surface area contributed by atoms with E-state index in [0.29, 0.717) is 16.9 Å². The molecule has 0 aromatic heterocycles. The highest BCUT2D eigenvalue weighted by Crippen LogP contribution is 2.27. The average molecular weight is 338 g/mol. The summed E-state index contributed by atoms with van der Waals surface area (Å²) in [5.41, 5.74) is 0.977. The van der Waals surface area contributed by atoms with Gasteiger partial charge < -0.3 is 15.2 Å². The van der Waals surface area contributed by atoms with Crippen LogP contribution < -0.4 is 10.1 Å². The molecule has 0 saturated heterocycles. The van der Waals surface area contributed by atoms with Crippen LogP contribution in [0.4, 0.5) is 8.78 Å². The highest BCUT2D eigenvalue weighted by Gasteiger charge is 2.08. The molecule has 1 unspecified atom stereocenters.